The van der Waals surface area contributed by atoms with Gasteiger partial charge < -0.3 is 4.84 Å². The highest BCUT2D eigenvalue weighted by Gasteiger charge is 2.42. The SMILES string of the molecule is O=C(ON[C@H]1CC[C@H](CN2CCSC2)C1)C(F)(F)F. The molecule has 0 bridgehead atoms. The lowest BCUT2D eigenvalue weighted by molar-refractivity contribution is -0.208. The van der Waals surface area contributed by atoms with E-state index in [1.165, 1.54) is 0 Å². The summed E-state index contributed by atoms with van der Waals surface area (Å²) in [6.45, 7) is 2.07. The largest absolute Gasteiger partial charge is 0.492 e. The van der Waals surface area contributed by atoms with Crippen LogP contribution in [0.1, 0.15) is 19.3 Å². The predicted octanol–water partition coefficient (Wildman–Crippen LogP) is 1.77. The summed E-state index contributed by atoms with van der Waals surface area (Å²) in [4.78, 5) is 17.0. The Morgan fingerprint density at radius 1 is 1.42 bits per heavy atom. The minimum Gasteiger partial charge on any atom is -0.363 e. The van der Waals surface area contributed by atoms with Gasteiger partial charge in [0.2, 0.25) is 0 Å². The zero-order valence-corrected chi connectivity index (χ0v) is 11.2. The number of carbonyl (C=O) groups excluding carboxylic acids is 1. The number of hydrogen-bond acceptors (Lipinski definition) is 5. The quantitative estimate of drug-likeness (QED) is 0.801. The van der Waals surface area contributed by atoms with Crippen molar-refractivity contribution in [3.05, 3.63) is 0 Å². The van der Waals surface area contributed by atoms with E-state index >= 15 is 0 Å². The van der Waals surface area contributed by atoms with Crippen LogP contribution in [0.3, 0.4) is 0 Å². The van der Waals surface area contributed by atoms with Gasteiger partial charge in [0.1, 0.15) is 0 Å². The van der Waals surface area contributed by atoms with Gasteiger partial charge in [-0.1, -0.05) is 0 Å². The minimum atomic E-state index is -4.93. The summed E-state index contributed by atoms with van der Waals surface area (Å²) in [6.07, 6.45) is -2.47. The first-order valence-corrected chi connectivity index (χ1v) is 7.44. The standard InChI is InChI=1S/C11H17F3N2O2S/c12-11(13,14)10(17)18-15-9-2-1-8(5-9)6-16-3-4-19-7-16/h8-9,15H,1-7H2/t8-,9-/m0/s1. The molecular formula is C11H17F3N2O2S. The summed E-state index contributed by atoms with van der Waals surface area (Å²) in [5.74, 6) is 0.489. The molecule has 1 aliphatic carbocycles. The molecule has 2 fully saturated rings. The van der Waals surface area contributed by atoms with Gasteiger partial charge in [-0.3, -0.25) is 4.90 Å². The number of hydroxylamine groups is 1. The molecule has 0 radical (unpaired) electrons. The van der Waals surface area contributed by atoms with Crippen LogP contribution in [-0.4, -0.2) is 47.8 Å². The number of hydrogen-bond donors (Lipinski definition) is 1. The Balaban J connectivity index is 1.66. The lowest BCUT2D eigenvalue weighted by Gasteiger charge is -2.19. The normalized spacial score (nSPS) is 28.8. The molecule has 110 valence electrons. The molecule has 0 spiro atoms. The van der Waals surface area contributed by atoms with E-state index in [1.54, 1.807) is 0 Å². The highest BCUT2D eigenvalue weighted by atomic mass is 32.2. The van der Waals surface area contributed by atoms with E-state index < -0.39 is 12.1 Å². The molecule has 0 aromatic carbocycles. The van der Waals surface area contributed by atoms with Crippen LogP contribution in [0.4, 0.5) is 13.2 Å². The summed E-state index contributed by atoms with van der Waals surface area (Å²) in [7, 11) is 0. The maximum absolute atomic E-state index is 11.9. The average molecular weight is 298 g/mol. The maximum atomic E-state index is 11.9. The zero-order valence-electron chi connectivity index (χ0n) is 10.4. The van der Waals surface area contributed by atoms with Crippen molar-refractivity contribution in [3.8, 4) is 0 Å². The monoisotopic (exact) mass is 298 g/mol. The van der Waals surface area contributed by atoms with E-state index in [2.05, 4.69) is 15.2 Å². The second kappa shape index (κ2) is 6.32. The van der Waals surface area contributed by atoms with Gasteiger partial charge in [0.15, 0.2) is 0 Å². The van der Waals surface area contributed by atoms with Gasteiger partial charge in [-0.15, -0.1) is 17.2 Å². The van der Waals surface area contributed by atoms with E-state index in [4.69, 9.17) is 0 Å². The van der Waals surface area contributed by atoms with Gasteiger partial charge in [0.25, 0.3) is 0 Å². The molecule has 1 aliphatic heterocycles. The van der Waals surface area contributed by atoms with Crippen molar-refractivity contribution >= 4 is 17.7 Å². The summed E-state index contributed by atoms with van der Waals surface area (Å²) < 4.78 is 35.8. The second-order valence-electron chi connectivity index (χ2n) is 5.00. The van der Waals surface area contributed by atoms with Crippen LogP contribution < -0.4 is 5.48 Å². The Kier molecular flexibility index (Phi) is 4.97. The first-order valence-electron chi connectivity index (χ1n) is 6.29. The number of halogens is 3. The fourth-order valence-corrected chi connectivity index (χ4v) is 3.51. The number of thioether (sulfide) groups is 1. The van der Waals surface area contributed by atoms with Crippen molar-refractivity contribution in [1.82, 2.24) is 10.4 Å². The van der Waals surface area contributed by atoms with Crippen molar-refractivity contribution in [3.63, 3.8) is 0 Å². The van der Waals surface area contributed by atoms with E-state index in [-0.39, 0.29) is 6.04 Å². The number of alkyl halides is 3. The Hall–Kier alpha value is -0.470. The molecule has 1 N–H and O–H groups in total. The van der Waals surface area contributed by atoms with Crippen LogP contribution in [0.5, 0.6) is 0 Å². The molecule has 2 atom stereocenters. The Labute approximate surface area is 114 Å². The van der Waals surface area contributed by atoms with Crippen molar-refractivity contribution in [2.45, 2.75) is 31.5 Å². The molecule has 1 saturated carbocycles. The van der Waals surface area contributed by atoms with Gasteiger partial charge in [-0.05, 0) is 25.2 Å². The van der Waals surface area contributed by atoms with E-state index in [0.717, 1.165) is 44.0 Å². The molecule has 0 aromatic heterocycles. The maximum Gasteiger partial charge on any atom is 0.492 e. The zero-order chi connectivity index (χ0) is 13.9. The van der Waals surface area contributed by atoms with Gasteiger partial charge in [-0.25, -0.2) is 4.79 Å². The number of nitrogens with zero attached hydrogens (tertiary/aromatic N) is 1. The van der Waals surface area contributed by atoms with Crippen LogP contribution in [0.15, 0.2) is 0 Å². The third kappa shape index (κ3) is 4.54. The molecule has 1 heterocycles. The molecule has 1 saturated heterocycles. The van der Waals surface area contributed by atoms with Crippen molar-refractivity contribution < 1.29 is 22.8 Å². The van der Waals surface area contributed by atoms with Crippen molar-refractivity contribution in [2.75, 3.05) is 24.7 Å². The highest BCUT2D eigenvalue weighted by Crippen LogP contribution is 2.28. The molecule has 0 unspecified atom stereocenters. The van der Waals surface area contributed by atoms with Crippen LogP contribution >= 0.6 is 11.8 Å². The van der Waals surface area contributed by atoms with E-state index in [9.17, 15) is 18.0 Å². The molecule has 2 aliphatic rings. The smallest absolute Gasteiger partial charge is 0.363 e. The minimum absolute atomic E-state index is 0.161. The van der Waals surface area contributed by atoms with E-state index in [1.807, 2.05) is 11.8 Å². The molecule has 19 heavy (non-hydrogen) atoms. The van der Waals surface area contributed by atoms with Crippen LogP contribution in [-0.2, 0) is 9.63 Å². The van der Waals surface area contributed by atoms with Crippen molar-refractivity contribution in [1.29, 1.82) is 0 Å². The van der Waals surface area contributed by atoms with Crippen LogP contribution in [0, 0.1) is 5.92 Å². The molecule has 4 nitrogen and oxygen atoms in total. The topological polar surface area (TPSA) is 41.6 Å². The summed E-state index contributed by atoms with van der Waals surface area (Å²) in [5, 5.41) is 0. The highest BCUT2D eigenvalue weighted by molar-refractivity contribution is 7.99. The van der Waals surface area contributed by atoms with Gasteiger partial charge >= 0.3 is 12.1 Å². The number of rotatable bonds is 4. The molecule has 2 rings (SSSR count). The predicted molar refractivity (Wildman–Crippen MR) is 65.3 cm³/mol. The Morgan fingerprint density at radius 2 is 2.21 bits per heavy atom. The average Bonchev–Trinajstić information content (AvgIpc) is 2.97. The van der Waals surface area contributed by atoms with Crippen LogP contribution in [0.25, 0.3) is 0 Å². The summed E-state index contributed by atoms with van der Waals surface area (Å²) in [6, 6.07) is -0.161. The second-order valence-corrected chi connectivity index (χ2v) is 6.07. The Morgan fingerprint density at radius 3 is 2.84 bits per heavy atom. The van der Waals surface area contributed by atoms with Gasteiger partial charge in [-0.2, -0.15) is 13.2 Å². The third-order valence-electron chi connectivity index (χ3n) is 3.43. The molecule has 0 aromatic rings. The Bertz CT molecular complexity index is 322. The van der Waals surface area contributed by atoms with E-state index in [0.29, 0.717) is 5.92 Å². The molecule has 8 heteroatoms. The van der Waals surface area contributed by atoms with Gasteiger partial charge in [0, 0.05) is 30.8 Å². The summed E-state index contributed by atoms with van der Waals surface area (Å²) >= 11 is 1.90. The first kappa shape index (κ1) is 14.9. The number of nitrogens with one attached hydrogen (secondary N) is 1. The lowest BCUT2D eigenvalue weighted by atomic mass is 10.1. The fourth-order valence-electron chi connectivity index (χ4n) is 2.50. The summed E-state index contributed by atoms with van der Waals surface area (Å²) in [5.41, 5.74) is 2.25. The molecule has 0 amide bonds. The fraction of sp³-hybridized carbons (Fsp3) is 0.909. The third-order valence-corrected chi connectivity index (χ3v) is 4.45. The molecular weight excluding hydrogens is 281 g/mol. The number of carbonyl (C=O) groups is 1. The first-order chi connectivity index (χ1) is 8.95. The van der Waals surface area contributed by atoms with Crippen LogP contribution in [0.2, 0.25) is 0 Å². The lowest BCUT2D eigenvalue weighted by Crippen LogP contribution is -2.36. The van der Waals surface area contributed by atoms with Crippen molar-refractivity contribution in [2.24, 2.45) is 5.92 Å². The van der Waals surface area contributed by atoms with Gasteiger partial charge in [0.05, 0.1) is 0 Å².